The summed E-state index contributed by atoms with van der Waals surface area (Å²) in [4.78, 5) is 16.3. The predicted molar refractivity (Wildman–Crippen MR) is 74.3 cm³/mol. The number of nitrogens with zero attached hydrogens (tertiary/aromatic N) is 1. The van der Waals surface area contributed by atoms with E-state index in [1.807, 2.05) is 4.90 Å². The zero-order valence-electron chi connectivity index (χ0n) is 9.96. The number of rotatable bonds is 4. The Morgan fingerprint density at radius 1 is 1.53 bits per heavy atom. The van der Waals surface area contributed by atoms with Crippen LogP contribution in [0.15, 0.2) is 10.5 Å². The van der Waals surface area contributed by atoms with E-state index in [1.54, 1.807) is 11.3 Å². The van der Waals surface area contributed by atoms with Crippen molar-refractivity contribution in [3.05, 3.63) is 20.3 Å². The third-order valence-electron chi connectivity index (χ3n) is 2.94. The van der Waals surface area contributed by atoms with Crippen molar-refractivity contribution in [3.63, 3.8) is 0 Å². The Kier molecular flexibility index (Phi) is 4.59. The molecule has 3 nitrogen and oxygen atoms in total. The minimum absolute atomic E-state index is 0.231. The molecule has 0 spiro atoms. The summed E-state index contributed by atoms with van der Waals surface area (Å²) in [6, 6.07) is 2.12. The van der Waals surface area contributed by atoms with E-state index in [4.69, 9.17) is 0 Å². The van der Waals surface area contributed by atoms with Crippen LogP contribution in [-0.4, -0.2) is 30.4 Å². The topological polar surface area (TPSA) is 32.3 Å². The highest BCUT2D eigenvalue weighted by atomic mass is 79.9. The molecule has 0 aliphatic carbocycles. The quantitative estimate of drug-likeness (QED) is 0.925. The van der Waals surface area contributed by atoms with E-state index in [0.29, 0.717) is 6.54 Å². The number of aryl methyl sites for hydroxylation is 1. The van der Waals surface area contributed by atoms with Gasteiger partial charge in [-0.2, -0.15) is 0 Å². The van der Waals surface area contributed by atoms with Crippen LogP contribution in [0.2, 0.25) is 0 Å². The molecule has 5 heteroatoms. The number of likely N-dealkylation sites (tertiary alicyclic amines) is 1. The summed E-state index contributed by atoms with van der Waals surface area (Å²) in [6.07, 6.45) is 2.31. The second-order valence-electron chi connectivity index (χ2n) is 4.31. The Morgan fingerprint density at radius 3 is 2.82 bits per heavy atom. The zero-order chi connectivity index (χ0) is 12.3. The van der Waals surface area contributed by atoms with Gasteiger partial charge in [0.05, 0.1) is 6.54 Å². The van der Waals surface area contributed by atoms with E-state index < -0.39 is 0 Å². The molecule has 1 fully saturated rings. The summed E-state index contributed by atoms with van der Waals surface area (Å²) in [5.74, 6) is 0.231. The number of nitrogens with one attached hydrogen (secondary N) is 1. The van der Waals surface area contributed by atoms with E-state index in [-0.39, 0.29) is 5.91 Å². The lowest BCUT2D eigenvalue weighted by Gasteiger charge is -2.15. The van der Waals surface area contributed by atoms with Crippen LogP contribution in [0.3, 0.4) is 0 Å². The molecular weight excluding hydrogens is 300 g/mol. The molecule has 0 bridgehead atoms. The van der Waals surface area contributed by atoms with Gasteiger partial charge in [-0.1, -0.05) is 0 Å². The predicted octanol–water partition coefficient (Wildman–Crippen LogP) is 2.53. The second-order valence-corrected chi connectivity index (χ2v) is 6.50. The van der Waals surface area contributed by atoms with Gasteiger partial charge in [0.2, 0.25) is 5.91 Å². The van der Waals surface area contributed by atoms with E-state index in [1.165, 1.54) is 9.75 Å². The smallest absolute Gasteiger partial charge is 0.236 e. The Labute approximate surface area is 114 Å². The number of carbonyl (C=O) groups excluding carboxylic acids is 1. The van der Waals surface area contributed by atoms with Crippen molar-refractivity contribution >= 4 is 33.2 Å². The average Bonchev–Trinajstić information content (AvgIpc) is 2.90. The van der Waals surface area contributed by atoms with Crippen LogP contribution in [-0.2, 0) is 11.3 Å². The van der Waals surface area contributed by atoms with Gasteiger partial charge in [-0.3, -0.25) is 4.79 Å². The Hall–Kier alpha value is -0.390. The van der Waals surface area contributed by atoms with Gasteiger partial charge in [0.1, 0.15) is 0 Å². The van der Waals surface area contributed by atoms with Gasteiger partial charge in [-0.25, -0.2) is 0 Å². The molecule has 2 rings (SSSR count). The van der Waals surface area contributed by atoms with Gasteiger partial charge >= 0.3 is 0 Å². The first-order chi connectivity index (χ1) is 8.16. The maximum Gasteiger partial charge on any atom is 0.236 e. The Morgan fingerprint density at radius 2 is 2.24 bits per heavy atom. The first kappa shape index (κ1) is 13.1. The molecule has 0 saturated carbocycles. The van der Waals surface area contributed by atoms with Crippen molar-refractivity contribution < 1.29 is 4.79 Å². The molecule has 0 aromatic carbocycles. The van der Waals surface area contributed by atoms with E-state index >= 15 is 0 Å². The van der Waals surface area contributed by atoms with Gasteiger partial charge in [0.15, 0.2) is 0 Å². The largest absolute Gasteiger partial charge is 0.342 e. The van der Waals surface area contributed by atoms with Crippen molar-refractivity contribution in [2.24, 2.45) is 0 Å². The first-order valence-electron chi connectivity index (χ1n) is 5.90. The number of hydrogen-bond acceptors (Lipinski definition) is 3. The van der Waals surface area contributed by atoms with Crippen LogP contribution in [0.25, 0.3) is 0 Å². The maximum absolute atomic E-state index is 11.8. The molecule has 0 atom stereocenters. The van der Waals surface area contributed by atoms with Crippen LogP contribution in [0.4, 0.5) is 0 Å². The minimum Gasteiger partial charge on any atom is -0.342 e. The molecule has 1 N–H and O–H groups in total. The number of hydrogen-bond donors (Lipinski definition) is 1. The minimum atomic E-state index is 0.231. The van der Waals surface area contributed by atoms with Crippen molar-refractivity contribution in [3.8, 4) is 0 Å². The van der Waals surface area contributed by atoms with Crippen molar-refractivity contribution in [1.29, 1.82) is 0 Å². The standard InChI is InChI=1S/C12H17BrN2OS/c1-9-11(13)6-10(17-9)7-14-8-12(16)15-4-2-3-5-15/h6,14H,2-5,7-8H2,1H3. The van der Waals surface area contributed by atoms with Crippen LogP contribution < -0.4 is 5.32 Å². The molecule has 0 unspecified atom stereocenters. The fourth-order valence-corrected chi connectivity index (χ4v) is 3.55. The van der Waals surface area contributed by atoms with Gasteiger partial charge in [-0.05, 0) is 41.8 Å². The maximum atomic E-state index is 11.8. The van der Waals surface area contributed by atoms with Gasteiger partial charge < -0.3 is 10.2 Å². The third-order valence-corrected chi connectivity index (χ3v) is 5.08. The van der Waals surface area contributed by atoms with Gasteiger partial charge in [0, 0.05) is 33.9 Å². The lowest BCUT2D eigenvalue weighted by atomic mass is 10.4. The molecule has 1 saturated heterocycles. The van der Waals surface area contributed by atoms with Crippen LogP contribution >= 0.6 is 27.3 Å². The van der Waals surface area contributed by atoms with Crippen molar-refractivity contribution in [2.75, 3.05) is 19.6 Å². The zero-order valence-corrected chi connectivity index (χ0v) is 12.4. The summed E-state index contributed by atoms with van der Waals surface area (Å²) in [5.41, 5.74) is 0. The van der Waals surface area contributed by atoms with Gasteiger partial charge in [-0.15, -0.1) is 11.3 Å². The van der Waals surface area contributed by atoms with E-state index in [0.717, 1.165) is 36.9 Å². The first-order valence-corrected chi connectivity index (χ1v) is 7.51. The number of carbonyl (C=O) groups is 1. The summed E-state index contributed by atoms with van der Waals surface area (Å²) in [7, 11) is 0. The molecule has 1 amide bonds. The van der Waals surface area contributed by atoms with Crippen LogP contribution in [0, 0.1) is 6.92 Å². The lowest BCUT2D eigenvalue weighted by Crippen LogP contribution is -2.35. The average molecular weight is 317 g/mol. The fourth-order valence-electron chi connectivity index (χ4n) is 1.98. The molecule has 1 aliphatic heterocycles. The van der Waals surface area contributed by atoms with E-state index in [9.17, 15) is 4.79 Å². The molecule has 0 radical (unpaired) electrons. The SMILES string of the molecule is Cc1sc(CNCC(=O)N2CCCC2)cc1Br. The highest BCUT2D eigenvalue weighted by Gasteiger charge is 2.17. The van der Waals surface area contributed by atoms with Crippen LogP contribution in [0.5, 0.6) is 0 Å². The Balaban J connectivity index is 1.73. The number of halogens is 1. The van der Waals surface area contributed by atoms with Crippen LogP contribution in [0.1, 0.15) is 22.6 Å². The molecule has 17 heavy (non-hydrogen) atoms. The van der Waals surface area contributed by atoms with Gasteiger partial charge in [0.25, 0.3) is 0 Å². The number of thiophene rings is 1. The molecule has 2 heterocycles. The van der Waals surface area contributed by atoms with Crippen molar-refractivity contribution in [2.45, 2.75) is 26.3 Å². The van der Waals surface area contributed by atoms with E-state index in [2.05, 4.69) is 34.2 Å². The molecule has 1 aromatic heterocycles. The summed E-state index contributed by atoms with van der Waals surface area (Å²) >= 11 is 5.26. The van der Waals surface area contributed by atoms with Crippen molar-refractivity contribution in [1.82, 2.24) is 10.2 Å². The summed E-state index contributed by atoms with van der Waals surface area (Å²) in [5, 5.41) is 3.22. The third kappa shape index (κ3) is 3.53. The summed E-state index contributed by atoms with van der Waals surface area (Å²) < 4.78 is 1.16. The molecule has 1 aromatic rings. The molecule has 1 aliphatic rings. The highest BCUT2D eigenvalue weighted by Crippen LogP contribution is 2.25. The Bertz CT molecular complexity index is 380. The lowest BCUT2D eigenvalue weighted by molar-refractivity contribution is -0.129. The second kappa shape index (κ2) is 5.98. The molecule has 94 valence electrons. The summed E-state index contributed by atoms with van der Waals surface area (Å²) in [6.45, 7) is 5.19. The molecular formula is C12H17BrN2OS. The normalized spacial score (nSPS) is 15.5. The fraction of sp³-hybridized carbons (Fsp3) is 0.583. The highest BCUT2D eigenvalue weighted by molar-refractivity contribution is 9.10. The monoisotopic (exact) mass is 316 g/mol. The number of amides is 1.